The number of carbonyl (C=O) groups is 1. The highest BCUT2D eigenvalue weighted by Crippen LogP contribution is 2.42. The Morgan fingerprint density at radius 2 is 2.13 bits per heavy atom. The molecule has 6 nitrogen and oxygen atoms in total. The summed E-state index contributed by atoms with van der Waals surface area (Å²) in [6, 6.07) is 14.9. The van der Waals surface area contributed by atoms with Crippen molar-refractivity contribution in [2.75, 3.05) is 26.3 Å². The monoisotopic (exact) mass is 405 g/mol. The van der Waals surface area contributed by atoms with Crippen molar-refractivity contribution in [2.24, 2.45) is 5.92 Å². The fraction of sp³-hybridized carbons (Fsp3) is 0.458. The minimum Gasteiger partial charge on any atom is -0.375 e. The van der Waals surface area contributed by atoms with E-state index in [0.29, 0.717) is 43.3 Å². The Bertz CT molecular complexity index is 901. The van der Waals surface area contributed by atoms with Crippen LogP contribution in [-0.4, -0.2) is 47.7 Å². The Morgan fingerprint density at radius 1 is 1.27 bits per heavy atom. The van der Waals surface area contributed by atoms with Gasteiger partial charge < -0.3 is 14.4 Å². The van der Waals surface area contributed by atoms with Crippen LogP contribution in [-0.2, 0) is 16.1 Å². The second-order valence-electron chi connectivity index (χ2n) is 8.05. The zero-order valence-corrected chi connectivity index (χ0v) is 17.1. The lowest BCUT2D eigenvalue weighted by Gasteiger charge is -2.42. The maximum Gasteiger partial charge on any atom is 0.253 e. The SMILES string of the molecule is N#Cc1cccc(C(=O)N2CCC3(CC2)OCC[C@H]3CCOCc2ccccn2)c1. The number of aromatic nitrogens is 1. The van der Waals surface area contributed by atoms with Crippen LogP contribution in [0.1, 0.15) is 47.3 Å². The number of nitrogens with zero attached hydrogens (tertiary/aromatic N) is 3. The van der Waals surface area contributed by atoms with Gasteiger partial charge >= 0.3 is 0 Å². The van der Waals surface area contributed by atoms with Crippen LogP contribution in [0.4, 0.5) is 0 Å². The molecule has 30 heavy (non-hydrogen) atoms. The molecule has 1 spiro atoms. The first-order chi connectivity index (χ1) is 14.7. The van der Waals surface area contributed by atoms with Crippen molar-refractivity contribution in [1.82, 2.24) is 9.88 Å². The molecule has 1 amide bonds. The number of hydrogen-bond acceptors (Lipinski definition) is 5. The van der Waals surface area contributed by atoms with Gasteiger partial charge in [-0.15, -0.1) is 0 Å². The van der Waals surface area contributed by atoms with Crippen molar-refractivity contribution in [1.29, 1.82) is 5.26 Å². The highest BCUT2D eigenvalue weighted by molar-refractivity contribution is 5.94. The summed E-state index contributed by atoms with van der Waals surface area (Å²) in [7, 11) is 0. The first-order valence-electron chi connectivity index (χ1n) is 10.6. The van der Waals surface area contributed by atoms with Crippen molar-refractivity contribution in [3.63, 3.8) is 0 Å². The third-order valence-electron chi connectivity index (χ3n) is 6.32. The predicted molar refractivity (Wildman–Crippen MR) is 112 cm³/mol. The largest absolute Gasteiger partial charge is 0.375 e. The molecule has 2 aliphatic heterocycles. The van der Waals surface area contributed by atoms with Gasteiger partial charge in [0.05, 0.1) is 29.5 Å². The number of rotatable bonds is 6. The van der Waals surface area contributed by atoms with Crippen molar-refractivity contribution in [3.8, 4) is 6.07 Å². The minimum atomic E-state index is -0.139. The van der Waals surface area contributed by atoms with Crippen LogP contribution in [0, 0.1) is 17.2 Å². The van der Waals surface area contributed by atoms with E-state index in [1.165, 1.54) is 0 Å². The van der Waals surface area contributed by atoms with E-state index in [1.807, 2.05) is 23.1 Å². The third kappa shape index (κ3) is 4.53. The summed E-state index contributed by atoms with van der Waals surface area (Å²) < 4.78 is 12.1. The van der Waals surface area contributed by atoms with Gasteiger partial charge in [-0.05, 0) is 61.9 Å². The zero-order valence-electron chi connectivity index (χ0n) is 17.1. The molecule has 0 N–H and O–H groups in total. The molecule has 2 aliphatic rings. The Morgan fingerprint density at radius 3 is 2.90 bits per heavy atom. The van der Waals surface area contributed by atoms with Crippen LogP contribution in [0.15, 0.2) is 48.7 Å². The van der Waals surface area contributed by atoms with Gasteiger partial charge in [0.15, 0.2) is 0 Å². The number of pyridine rings is 1. The number of piperidine rings is 1. The van der Waals surface area contributed by atoms with Gasteiger partial charge in [-0.3, -0.25) is 9.78 Å². The topological polar surface area (TPSA) is 75.5 Å². The smallest absolute Gasteiger partial charge is 0.253 e. The maximum absolute atomic E-state index is 12.8. The molecule has 4 rings (SSSR count). The Balaban J connectivity index is 1.29. The van der Waals surface area contributed by atoms with Crippen LogP contribution in [0.2, 0.25) is 0 Å². The molecule has 6 heteroatoms. The molecule has 0 saturated carbocycles. The number of ether oxygens (including phenoxy) is 2. The van der Waals surface area contributed by atoms with E-state index in [9.17, 15) is 4.79 Å². The van der Waals surface area contributed by atoms with E-state index in [0.717, 1.165) is 38.0 Å². The van der Waals surface area contributed by atoms with Crippen LogP contribution in [0.5, 0.6) is 0 Å². The lowest BCUT2D eigenvalue weighted by Crippen LogP contribution is -2.49. The van der Waals surface area contributed by atoms with Crippen molar-refractivity contribution in [3.05, 3.63) is 65.5 Å². The van der Waals surface area contributed by atoms with Crippen LogP contribution in [0.25, 0.3) is 0 Å². The van der Waals surface area contributed by atoms with Gasteiger partial charge in [-0.25, -0.2) is 0 Å². The Labute approximate surface area is 177 Å². The lowest BCUT2D eigenvalue weighted by atomic mass is 9.78. The van der Waals surface area contributed by atoms with E-state index in [2.05, 4.69) is 11.1 Å². The number of likely N-dealkylation sites (tertiary alicyclic amines) is 1. The minimum absolute atomic E-state index is 0.00445. The first kappa shape index (κ1) is 20.5. The molecule has 3 heterocycles. The molecule has 1 atom stereocenters. The third-order valence-corrected chi connectivity index (χ3v) is 6.32. The predicted octanol–water partition coefficient (Wildman–Crippen LogP) is 3.57. The molecule has 1 aromatic carbocycles. The normalized spacial score (nSPS) is 20.2. The highest BCUT2D eigenvalue weighted by atomic mass is 16.5. The van der Waals surface area contributed by atoms with Crippen molar-refractivity contribution < 1.29 is 14.3 Å². The number of nitriles is 1. The van der Waals surface area contributed by atoms with E-state index in [1.54, 1.807) is 30.5 Å². The average Bonchev–Trinajstić information content (AvgIpc) is 3.19. The van der Waals surface area contributed by atoms with Crippen molar-refractivity contribution >= 4 is 5.91 Å². The molecule has 0 aliphatic carbocycles. The summed E-state index contributed by atoms with van der Waals surface area (Å²) in [6.07, 6.45) is 5.49. The van der Waals surface area contributed by atoms with Crippen LogP contribution in [0.3, 0.4) is 0 Å². The van der Waals surface area contributed by atoms with Gasteiger partial charge in [-0.1, -0.05) is 12.1 Å². The zero-order chi connectivity index (χ0) is 20.8. The van der Waals surface area contributed by atoms with E-state index < -0.39 is 0 Å². The molecule has 0 unspecified atom stereocenters. The van der Waals surface area contributed by atoms with Gasteiger partial charge in [0.25, 0.3) is 5.91 Å². The average molecular weight is 405 g/mol. The molecule has 1 aromatic heterocycles. The van der Waals surface area contributed by atoms with Crippen LogP contribution < -0.4 is 0 Å². The standard InChI is InChI=1S/C24H27N3O3/c25-17-19-4-3-5-20(16-19)23(28)27-12-9-24(10-13-27)21(8-15-30-24)7-14-29-18-22-6-1-2-11-26-22/h1-6,11,16,21H,7-10,12-15,18H2/t21-/m1/s1. The summed E-state index contributed by atoms with van der Waals surface area (Å²) in [6.45, 7) is 3.37. The second-order valence-corrected chi connectivity index (χ2v) is 8.05. The summed E-state index contributed by atoms with van der Waals surface area (Å²) >= 11 is 0. The van der Waals surface area contributed by atoms with E-state index in [4.69, 9.17) is 14.7 Å². The molecule has 2 saturated heterocycles. The Kier molecular flexibility index (Phi) is 6.41. The quantitative estimate of drug-likeness (QED) is 0.687. The number of benzene rings is 1. The molecule has 156 valence electrons. The summed E-state index contributed by atoms with van der Waals surface area (Å²) in [5.74, 6) is 0.454. The van der Waals surface area contributed by atoms with Crippen LogP contribution >= 0.6 is 0 Å². The molecular weight excluding hydrogens is 378 g/mol. The van der Waals surface area contributed by atoms with Gasteiger partial charge in [0, 0.05) is 38.1 Å². The number of carbonyl (C=O) groups excluding carboxylic acids is 1. The summed E-state index contributed by atoms with van der Waals surface area (Å²) in [4.78, 5) is 19.0. The van der Waals surface area contributed by atoms with Gasteiger partial charge in [-0.2, -0.15) is 5.26 Å². The Hall–Kier alpha value is -2.75. The fourth-order valence-electron chi connectivity index (χ4n) is 4.62. The molecule has 2 aromatic rings. The maximum atomic E-state index is 12.8. The highest BCUT2D eigenvalue weighted by Gasteiger charge is 2.46. The lowest BCUT2D eigenvalue weighted by molar-refractivity contribution is -0.0675. The van der Waals surface area contributed by atoms with E-state index in [-0.39, 0.29) is 11.5 Å². The number of amides is 1. The summed E-state index contributed by atoms with van der Waals surface area (Å²) in [5, 5.41) is 9.07. The van der Waals surface area contributed by atoms with E-state index >= 15 is 0 Å². The molecule has 2 fully saturated rings. The second kappa shape index (κ2) is 9.38. The van der Waals surface area contributed by atoms with Gasteiger partial charge in [0.2, 0.25) is 0 Å². The molecule has 0 radical (unpaired) electrons. The molecular formula is C24H27N3O3. The van der Waals surface area contributed by atoms with Crippen molar-refractivity contribution in [2.45, 2.75) is 37.9 Å². The molecule has 0 bridgehead atoms. The first-order valence-corrected chi connectivity index (χ1v) is 10.6. The fourth-order valence-corrected chi connectivity index (χ4v) is 4.62. The van der Waals surface area contributed by atoms with Gasteiger partial charge in [0.1, 0.15) is 0 Å². The number of hydrogen-bond donors (Lipinski definition) is 0. The summed E-state index contributed by atoms with van der Waals surface area (Å²) in [5.41, 5.74) is 1.90.